The molecule has 0 radical (unpaired) electrons. The zero-order valence-electron chi connectivity index (χ0n) is 52.9. The van der Waals surface area contributed by atoms with Gasteiger partial charge in [0.05, 0.1) is 16.9 Å². The second-order valence-corrected chi connectivity index (χ2v) is 25.3. The number of amides is 3. The number of rotatable bonds is 24. The number of carbonyl (C=O) groups excluding carboxylic acids is 4. The molecule has 3 amide bonds. The summed E-state index contributed by atoms with van der Waals surface area (Å²) in [5.74, 6) is -1.92. The van der Waals surface area contributed by atoms with Gasteiger partial charge in [-0.3, -0.25) is 23.5 Å². The predicted molar refractivity (Wildman–Crippen MR) is 352 cm³/mol. The van der Waals surface area contributed by atoms with Crippen molar-refractivity contribution >= 4 is 82.5 Å². The monoisotopic (exact) mass is 1320 g/mol. The number of nitrogens with two attached hydrogens (primary N) is 1. The molecule has 1 aliphatic carbocycles. The SMILES string of the molecule is CCCC.CCN.CN(C)c1ccc2c(-c3cc(C(=O)NCCNC(=O)CCc4ccc(OP(=O)([O-])O)cc4)ccc3C(=O)[O-])c3ccc(=[N+](C)C)cc-3oc2c1.CN(C)c1cccc2c(S(=O)(=O)NCCNC(=O)CCc3ccc(OP(=O)([O-])O)cc3)cccc12. The maximum atomic E-state index is 13.3. The second kappa shape index (κ2) is 34.8. The highest BCUT2D eigenvalue weighted by Crippen LogP contribution is 2.43. The van der Waals surface area contributed by atoms with Crippen LogP contribution >= 0.6 is 15.6 Å². The lowest BCUT2D eigenvalue weighted by Crippen LogP contribution is -2.34. The van der Waals surface area contributed by atoms with E-state index in [1.165, 1.54) is 55.3 Å². The number of fused-ring (bicyclic) bond motifs is 3. The molecule has 2 unspecified atom stereocenters. The van der Waals surface area contributed by atoms with Gasteiger partial charge in [0.2, 0.25) is 27.2 Å². The number of carboxylic acid groups (broad SMARTS) is 1. The number of anilines is 2. The van der Waals surface area contributed by atoms with Crippen LogP contribution in [0.25, 0.3) is 44.2 Å². The van der Waals surface area contributed by atoms with Crippen LogP contribution in [0.1, 0.15) is 78.3 Å². The molecule has 0 saturated carbocycles. The summed E-state index contributed by atoms with van der Waals surface area (Å²) in [6.07, 6.45) is 3.68. The fraction of sp³-hybridized carbons (Fsp3) is 0.308. The van der Waals surface area contributed by atoms with Gasteiger partial charge >= 0.3 is 15.6 Å². The third-order valence-electron chi connectivity index (χ3n) is 13.7. The second-order valence-electron chi connectivity index (χ2n) is 21.4. The van der Waals surface area contributed by atoms with Crippen LogP contribution in [0.15, 0.2) is 149 Å². The number of aromatic carboxylic acids is 1. The average Bonchev–Trinajstić information content (AvgIpc) is 0.842. The van der Waals surface area contributed by atoms with Crippen molar-refractivity contribution in [3.05, 3.63) is 167 Å². The standard InChI is InChI=1S/C36H37N4O9P.C23H28N3O7PS.C4H10.C2H7N/c1-39(2)24-9-14-28-31(20-24)48-32-21-25(40(3)4)10-15-29(32)34(28)30-19-23(8-13-27(30)36(43)44)35(42)38-18-17-37-33(41)16-7-22-5-11-26(12-6-22)49-50(45,46)47;1-26(2)21-7-3-6-20-19(21)5-4-8-22(20)35(31,32)25-16-15-24-23(27)14-11-17-9-12-18(13-10-17)33-34(28,29)30;1-3-4-2;1-2-3/h5-6,8-15,19-21H,7,16-18H2,1-4H3,(H4-,37,38,41,42,43,44,45,46,47);3-10,12-13,25H,11,14-16H2,1-2H3,(H,24,27)(H2,28,29,30);3-4H2,1-2H3;2-3H2,1H3/p-2. The maximum Gasteiger partial charge on any atom is 0.317 e. The summed E-state index contributed by atoms with van der Waals surface area (Å²) >= 11 is 0. The quantitative estimate of drug-likeness (QED) is 0.0169. The first-order valence-corrected chi connectivity index (χ1v) is 33.9. The lowest BCUT2D eigenvalue weighted by Gasteiger charge is -2.20. The number of unbranched alkanes of at least 4 members (excludes halogenated alkanes) is 1. The number of benzene rings is 7. The Balaban J connectivity index is 0.000000319. The first kappa shape index (κ1) is 74.2. The Morgan fingerprint density at radius 2 is 1.16 bits per heavy atom. The molecule has 494 valence electrons. The van der Waals surface area contributed by atoms with Crippen LogP contribution < -0.4 is 70.1 Å². The van der Waals surface area contributed by atoms with E-state index in [1.54, 1.807) is 42.5 Å². The topological polar surface area (TPSA) is 361 Å². The first-order valence-electron chi connectivity index (χ1n) is 29.4. The third kappa shape index (κ3) is 22.7. The smallest absolute Gasteiger partial charge is 0.317 e. The van der Waals surface area contributed by atoms with Crippen LogP contribution in [-0.4, -0.2) is 117 Å². The molecule has 2 aliphatic rings. The Morgan fingerprint density at radius 1 is 0.630 bits per heavy atom. The molecule has 0 bridgehead atoms. The van der Waals surface area contributed by atoms with Gasteiger partial charge in [-0.15, -0.1) is 0 Å². The number of hydrogen-bond acceptors (Lipinski definition) is 17. The van der Waals surface area contributed by atoms with Crippen molar-refractivity contribution in [2.45, 2.75) is 64.2 Å². The predicted octanol–water partition coefficient (Wildman–Crippen LogP) is 5.53. The van der Waals surface area contributed by atoms with Gasteiger partial charge in [0.1, 0.15) is 36.9 Å². The minimum absolute atomic E-state index is 0.0281. The van der Waals surface area contributed by atoms with E-state index in [1.807, 2.05) is 118 Å². The Hall–Kier alpha value is -8.48. The van der Waals surface area contributed by atoms with Gasteiger partial charge in [-0.05, 0) is 103 Å². The molecule has 1 heterocycles. The van der Waals surface area contributed by atoms with Crippen molar-refractivity contribution in [3.8, 4) is 33.9 Å². The molecular formula is C65H80N8O16P2S-2. The third-order valence-corrected chi connectivity index (χ3v) is 16.1. The van der Waals surface area contributed by atoms with Crippen LogP contribution in [-0.2, 0) is 41.6 Å². The fourth-order valence-corrected chi connectivity index (χ4v) is 11.0. The highest BCUT2D eigenvalue weighted by molar-refractivity contribution is 7.89. The van der Waals surface area contributed by atoms with Crippen molar-refractivity contribution in [3.63, 3.8) is 0 Å². The van der Waals surface area contributed by atoms with Crippen LogP contribution in [0.5, 0.6) is 11.5 Å². The molecule has 6 aromatic carbocycles. The lowest BCUT2D eigenvalue weighted by atomic mass is 9.89. The Morgan fingerprint density at radius 3 is 1.67 bits per heavy atom. The number of aryl methyl sites for hydroxylation is 2. The molecule has 1 aliphatic heterocycles. The zero-order chi connectivity index (χ0) is 67.9. The average molecular weight is 1320 g/mol. The van der Waals surface area contributed by atoms with E-state index < -0.39 is 37.5 Å². The summed E-state index contributed by atoms with van der Waals surface area (Å²) in [7, 11) is -2.14. The molecule has 92 heavy (non-hydrogen) atoms. The molecule has 8 N–H and O–H groups in total. The van der Waals surface area contributed by atoms with E-state index >= 15 is 0 Å². The van der Waals surface area contributed by atoms with Crippen molar-refractivity contribution in [1.82, 2.24) is 25.2 Å². The number of phosphoric ester groups is 2. The van der Waals surface area contributed by atoms with E-state index in [0.29, 0.717) is 51.6 Å². The van der Waals surface area contributed by atoms with Crippen molar-refractivity contribution < 1.29 is 74.9 Å². The molecule has 24 nitrogen and oxygen atoms in total. The Labute approximate surface area is 536 Å². The molecule has 0 saturated heterocycles. The van der Waals surface area contributed by atoms with Gasteiger partial charge < -0.3 is 74.4 Å². The highest BCUT2D eigenvalue weighted by atomic mass is 32.2. The number of hydrogen-bond donors (Lipinski definition) is 7. The van der Waals surface area contributed by atoms with Gasteiger partial charge in [0.25, 0.3) is 5.91 Å². The summed E-state index contributed by atoms with van der Waals surface area (Å²) in [6.45, 7) is 7.42. The normalized spacial score (nSPS) is 12.2. The zero-order valence-corrected chi connectivity index (χ0v) is 55.5. The highest BCUT2D eigenvalue weighted by Gasteiger charge is 2.23. The molecule has 2 atom stereocenters. The number of sulfonamides is 1. The summed E-state index contributed by atoms with van der Waals surface area (Å²) < 4.78 is 67.0. The molecule has 0 fully saturated rings. The van der Waals surface area contributed by atoms with E-state index in [4.69, 9.17) is 19.9 Å². The minimum atomic E-state index is -4.90. The minimum Gasteiger partial charge on any atom is -0.746 e. The fourth-order valence-electron chi connectivity index (χ4n) is 9.01. The van der Waals surface area contributed by atoms with Gasteiger partial charge in [-0.25, -0.2) is 17.7 Å². The van der Waals surface area contributed by atoms with E-state index in [2.05, 4.69) is 43.6 Å². The first-order chi connectivity index (χ1) is 43.5. The molecule has 8 rings (SSSR count). The van der Waals surface area contributed by atoms with Gasteiger partial charge in [-0.1, -0.05) is 88.2 Å². The molecule has 0 aromatic heterocycles. The number of nitrogens with zero attached hydrogens (tertiary/aromatic N) is 3. The number of nitrogens with one attached hydrogen (secondary N) is 4. The largest absolute Gasteiger partial charge is 0.746 e. The number of carbonyl (C=O) groups is 4. The Kier molecular flexibility index (Phi) is 28.1. The van der Waals surface area contributed by atoms with Crippen molar-refractivity contribution in [2.24, 2.45) is 5.73 Å². The van der Waals surface area contributed by atoms with E-state index in [0.717, 1.165) is 39.8 Å². The number of carboxylic acids is 1. The molecular weight excluding hydrogens is 1240 g/mol. The Bertz CT molecular complexity index is 4070. The molecule has 0 spiro atoms. The number of phosphoric acid groups is 2. The lowest BCUT2D eigenvalue weighted by molar-refractivity contribution is -0.255. The van der Waals surface area contributed by atoms with Crippen LogP contribution in [0.3, 0.4) is 0 Å². The van der Waals surface area contributed by atoms with E-state index in [9.17, 15) is 51.6 Å². The summed E-state index contributed by atoms with van der Waals surface area (Å²) in [4.78, 5) is 93.2. The van der Waals surface area contributed by atoms with Crippen molar-refractivity contribution in [2.75, 3.05) is 84.8 Å². The van der Waals surface area contributed by atoms with E-state index in [-0.39, 0.29) is 78.4 Å². The van der Waals surface area contributed by atoms with Crippen LogP contribution in [0, 0.1) is 0 Å². The molecule has 27 heteroatoms. The van der Waals surface area contributed by atoms with Crippen LogP contribution in [0.2, 0.25) is 0 Å². The molecule has 6 aromatic rings. The van der Waals surface area contributed by atoms with Gasteiger partial charge in [0.15, 0.2) is 0 Å². The van der Waals surface area contributed by atoms with Crippen molar-refractivity contribution in [1.29, 1.82) is 0 Å². The summed E-state index contributed by atoms with van der Waals surface area (Å²) in [5.41, 5.74) is 10.4. The van der Waals surface area contributed by atoms with Gasteiger partial charge in [-0.2, -0.15) is 0 Å². The van der Waals surface area contributed by atoms with Crippen LogP contribution in [0.4, 0.5) is 11.4 Å². The maximum absolute atomic E-state index is 13.3. The summed E-state index contributed by atoms with van der Waals surface area (Å²) in [5, 5.41) is 23.6. The van der Waals surface area contributed by atoms with Gasteiger partial charge in [0, 0.05) is 129 Å². The summed E-state index contributed by atoms with van der Waals surface area (Å²) in [6, 6.07) is 38.0.